The molecule has 0 bridgehead atoms. The van der Waals surface area contributed by atoms with Crippen molar-refractivity contribution < 1.29 is 14.2 Å². The molecule has 0 saturated carbocycles. The third-order valence-corrected chi connectivity index (χ3v) is 9.44. The molecule has 11 heteroatoms. The standard InChI is InChI=1S/C31H35N7O4/c1-19-11-38(26-4-2-20(9-32)29-24(26)3-5-28(39)35-29)13-23(42-19)12-36-17-31(18-36)30-21(16-41-31)8-22(10-34-30)37-14-25-27(15-37)40-7-6-33-25/h2-5,8,10,19,23,25,27,33H,6-7,11-18H2,1H3,(H,35,39). The number of nitrogens with zero attached hydrogens (tertiary/aromatic N) is 5. The molecule has 42 heavy (non-hydrogen) atoms. The van der Waals surface area contributed by atoms with Crippen LogP contribution in [0.5, 0.6) is 0 Å². The highest BCUT2D eigenvalue weighted by atomic mass is 16.5. The van der Waals surface area contributed by atoms with E-state index < -0.39 is 0 Å². The lowest BCUT2D eigenvalue weighted by Crippen LogP contribution is -2.62. The Labute approximate surface area is 244 Å². The SMILES string of the molecule is CC1CN(c2ccc(C#N)c3[nH]c(=O)ccc23)CC(CN2CC3(C2)OCc2cc(N4CC5NCCOC5C4)cnc23)O1. The van der Waals surface area contributed by atoms with Gasteiger partial charge in [-0.25, -0.2) is 0 Å². The van der Waals surface area contributed by atoms with E-state index in [4.69, 9.17) is 19.2 Å². The lowest BCUT2D eigenvalue weighted by molar-refractivity contribution is -0.157. The van der Waals surface area contributed by atoms with Crippen LogP contribution in [0.2, 0.25) is 0 Å². The molecular weight excluding hydrogens is 534 g/mol. The Balaban J connectivity index is 0.942. The number of anilines is 2. The van der Waals surface area contributed by atoms with E-state index in [1.165, 1.54) is 11.6 Å². The van der Waals surface area contributed by atoms with Crippen LogP contribution in [0.25, 0.3) is 10.9 Å². The van der Waals surface area contributed by atoms with Crippen LogP contribution in [-0.4, -0.2) is 98.2 Å². The number of pyridine rings is 2. The normalized spacial score (nSPS) is 28.5. The Hall–Kier alpha value is -3.53. The van der Waals surface area contributed by atoms with Gasteiger partial charge in [-0.2, -0.15) is 5.26 Å². The van der Waals surface area contributed by atoms with E-state index in [0.29, 0.717) is 23.7 Å². The summed E-state index contributed by atoms with van der Waals surface area (Å²) in [5.41, 5.74) is 4.93. The van der Waals surface area contributed by atoms with Crippen LogP contribution in [0.3, 0.4) is 0 Å². The molecule has 11 nitrogen and oxygen atoms in total. The maximum atomic E-state index is 12.0. The summed E-state index contributed by atoms with van der Waals surface area (Å²) in [6.07, 6.45) is 2.32. The van der Waals surface area contributed by atoms with Gasteiger partial charge in [0.05, 0.1) is 66.2 Å². The van der Waals surface area contributed by atoms with Crippen molar-refractivity contribution in [2.24, 2.45) is 0 Å². The number of hydrogen-bond donors (Lipinski definition) is 2. The lowest BCUT2D eigenvalue weighted by atomic mass is 9.88. The fourth-order valence-electron chi connectivity index (χ4n) is 7.56. The monoisotopic (exact) mass is 569 g/mol. The Morgan fingerprint density at radius 2 is 2.05 bits per heavy atom. The van der Waals surface area contributed by atoms with Gasteiger partial charge in [-0.05, 0) is 31.2 Å². The molecule has 8 rings (SSSR count). The molecule has 7 heterocycles. The number of likely N-dealkylation sites (tertiary alicyclic amines) is 1. The molecule has 2 aromatic heterocycles. The van der Waals surface area contributed by atoms with Crippen LogP contribution in [0.1, 0.15) is 23.7 Å². The van der Waals surface area contributed by atoms with Gasteiger partial charge in [-0.3, -0.25) is 14.7 Å². The highest BCUT2D eigenvalue weighted by Crippen LogP contribution is 2.44. The summed E-state index contributed by atoms with van der Waals surface area (Å²) in [6, 6.07) is 11.9. The van der Waals surface area contributed by atoms with Crippen molar-refractivity contribution in [2.75, 3.05) is 68.8 Å². The molecule has 1 spiro atoms. The molecule has 2 N–H and O–H groups in total. The molecule has 4 saturated heterocycles. The fraction of sp³-hybridized carbons (Fsp3) is 0.516. The number of morpholine rings is 2. The molecule has 5 aliphatic rings. The number of aromatic amines is 1. The minimum Gasteiger partial charge on any atom is -0.373 e. The lowest BCUT2D eigenvalue weighted by Gasteiger charge is -2.49. The number of nitrogens with one attached hydrogen (secondary N) is 2. The highest BCUT2D eigenvalue weighted by Gasteiger charge is 2.52. The van der Waals surface area contributed by atoms with Gasteiger partial charge in [0.1, 0.15) is 11.7 Å². The maximum absolute atomic E-state index is 12.0. The quantitative estimate of drug-likeness (QED) is 0.476. The van der Waals surface area contributed by atoms with Crippen LogP contribution in [0.15, 0.2) is 41.3 Å². The van der Waals surface area contributed by atoms with Crippen molar-refractivity contribution in [1.29, 1.82) is 5.26 Å². The van der Waals surface area contributed by atoms with E-state index in [2.05, 4.69) is 44.1 Å². The molecule has 4 unspecified atom stereocenters. The third kappa shape index (κ3) is 4.37. The van der Waals surface area contributed by atoms with E-state index in [9.17, 15) is 10.1 Å². The Morgan fingerprint density at radius 1 is 1.14 bits per heavy atom. The second kappa shape index (κ2) is 10.0. The van der Waals surface area contributed by atoms with E-state index >= 15 is 0 Å². The Morgan fingerprint density at radius 3 is 2.90 bits per heavy atom. The second-order valence-electron chi connectivity index (χ2n) is 12.4. The van der Waals surface area contributed by atoms with Crippen molar-refractivity contribution in [1.82, 2.24) is 20.2 Å². The first kappa shape index (κ1) is 26.1. The first-order chi connectivity index (χ1) is 20.5. The van der Waals surface area contributed by atoms with Gasteiger partial charge in [-0.15, -0.1) is 0 Å². The van der Waals surface area contributed by atoms with Crippen LogP contribution >= 0.6 is 0 Å². The molecule has 0 aliphatic carbocycles. The molecule has 218 valence electrons. The van der Waals surface area contributed by atoms with E-state index in [1.807, 2.05) is 18.3 Å². The summed E-state index contributed by atoms with van der Waals surface area (Å²) in [6.45, 7) is 10.1. The average Bonchev–Trinajstić information content (AvgIpc) is 3.58. The van der Waals surface area contributed by atoms with Crippen molar-refractivity contribution in [3.05, 3.63) is 63.7 Å². The molecule has 0 amide bonds. The van der Waals surface area contributed by atoms with Crippen molar-refractivity contribution >= 4 is 22.3 Å². The summed E-state index contributed by atoms with van der Waals surface area (Å²) in [5, 5.41) is 14.0. The second-order valence-corrected chi connectivity index (χ2v) is 12.4. The van der Waals surface area contributed by atoms with E-state index in [-0.39, 0.29) is 29.5 Å². The number of rotatable bonds is 4. The molecule has 1 aromatic carbocycles. The molecule has 4 atom stereocenters. The smallest absolute Gasteiger partial charge is 0.248 e. The zero-order valence-electron chi connectivity index (χ0n) is 23.7. The first-order valence-corrected chi connectivity index (χ1v) is 14.9. The van der Waals surface area contributed by atoms with Gasteiger partial charge in [0.25, 0.3) is 0 Å². The Kier molecular flexibility index (Phi) is 6.24. The first-order valence-electron chi connectivity index (χ1n) is 14.9. The van der Waals surface area contributed by atoms with Crippen LogP contribution < -0.4 is 20.7 Å². The topological polar surface area (TPSA) is 119 Å². The summed E-state index contributed by atoms with van der Waals surface area (Å²) in [4.78, 5) is 26.9. The average molecular weight is 570 g/mol. The number of ether oxygens (including phenoxy) is 3. The Bertz CT molecular complexity index is 1620. The molecule has 4 fully saturated rings. The van der Waals surface area contributed by atoms with Crippen molar-refractivity contribution in [3.63, 3.8) is 0 Å². The zero-order valence-corrected chi connectivity index (χ0v) is 23.7. The van der Waals surface area contributed by atoms with Gasteiger partial charge in [0.2, 0.25) is 5.56 Å². The number of benzene rings is 1. The van der Waals surface area contributed by atoms with Crippen LogP contribution in [0.4, 0.5) is 11.4 Å². The number of fused-ring (bicyclic) bond motifs is 4. The predicted octanol–water partition coefficient (Wildman–Crippen LogP) is 1.31. The van der Waals surface area contributed by atoms with E-state index in [0.717, 1.165) is 81.4 Å². The largest absolute Gasteiger partial charge is 0.373 e. The number of nitriles is 1. The minimum atomic E-state index is -0.341. The van der Waals surface area contributed by atoms with Crippen LogP contribution in [-0.2, 0) is 26.4 Å². The summed E-state index contributed by atoms with van der Waals surface area (Å²) >= 11 is 0. The zero-order chi connectivity index (χ0) is 28.4. The third-order valence-electron chi connectivity index (χ3n) is 9.44. The van der Waals surface area contributed by atoms with Gasteiger partial charge < -0.3 is 34.3 Å². The summed E-state index contributed by atoms with van der Waals surface area (Å²) in [5.74, 6) is 0. The summed E-state index contributed by atoms with van der Waals surface area (Å²) in [7, 11) is 0. The number of aromatic nitrogens is 2. The van der Waals surface area contributed by atoms with Gasteiger partial charge in [-0.1, -0.05) is 0 Å². The molecule has 3 aromatic rings. The number of H-pyrrole nitrogens is 1. The fourth-order valence-corrected chi connectivity index (χ4v) is 7.56. The molecular formula is C31H35N7O4. The maximum Gasteiger partial charge on any atom is 0.248 e. The highest BCUT2D eigenvalue weighted by molar-refractivity contribution is 5.95. The van der Waals surface area contributed by atoms with Crippen molar-refractivity contribution in [3.8, 4) is 6.07 Å². The van der Waals surface area contributed by atoms with Gasteiger partial charge in [0, 0.05) is 75.1 Å². The van der Waals surface area contributed by atoms with Crippen LogP contribution in [0, 0.1) is 11.3 Å². The van der Waals surface area contributed by atoms with Gasteiger partial charge >= 0.3 is 0 Å². The predicted molar refractivity (Wildman–Crippen MR) is 157 cm³/mol. The van der Waals surface area contributed by atoms with E-state index in [1.54, 1.807) is 6.07 Å². The molecule has 0 radical (unpaired) electrons. The van der Waals surface area contributed by atoms with Crippen molar-refractivity contribution in [2.45, 2.75) is 43.5 Å². The number of hydrogen-bond acceptors (Lipinski definition) is 10. The minimum absolute atomic E-state index is 0.0188. The van der Waals surface area contributed by atoms with Gasteiger partial charge in [0.15, 0.2) is 0 Å². The summed E-state index contributed by atoms with van der Waals surface area (Å²) < 4.78 is 18.7. The molecule has 5 aliphatic heterocycles.